The molecule has 0 spiro atoms. The molecule has 0 saturated heterocycles. The van der Waals surface area contributed by atoms with Crippen LogP contribution in [0, 0.1) is 0 Å². The van der Waals surface area contributed by atoms with Gasteiger partial charge in [-0.25, -0.2) is 0 Å². The molecule has 0 rings (SSSR count). The van der Waals surface area contributed by atoms with Crippen molar-refractivity contribution < 1.29 is 15.0 Å². The molecule has 4 nitrogen and oxygen atoms in total. The highest BCUT2D eigenvalue weighted by atomic mass is 16.4. The zero-order valence-corrected chi connectivity index (χ0v) is 13.7. The molecule has 0 atom stereocenters. The summed E-state index contributed by atoms with van der Waals surface area (Å²) in [5.41, 5.74) is 5.33. The smallest absolute Gasteiger partial charge is 0.303 e. The predicted octanol–water partition coefficient (Wildman–Crippen LogP) is 3.71. The molecule has 20 heavy (non-hydrogen) atoms. The lowest BCUT2D eigenvalue weighted by atomic mass is 9.96. The van der Waals surface area contributed by atoms with Crippen LogP contribution in [0.15, 0.2) is 0 Å². The number of aliphatic hydroxyl groups excluding tert-OH is 1. The van der Waals surface area contributed by atoms with Gasteiger partial charge < -0.3 is 15.9 Å². The van der Waals surface area contributed by atoms with E-state index in [9.17, 15) is 4.79 Å². The Morgan fingerprint density at radius 3 is 1.70 bits per heavy atom. The van der Waals surface area contributed by atoms with E-state index in [-0.39, 0.29) is 12.1 Å². The maximum atomic E-state index is 10.1. The van der Waals surface area contributed by atoms with Crippen molar-refractivity contribution in [3.05, 3.63) is 0 Å². The molecule has 0 aromatic carbocycles. The fraction of sp³-hybridized carbons (Fsp3) is 0.938. The number of hydrogen-bond acceptors (Lipinski definition) is 3. The standard InChI is InChI=1S/C10H20O2.C6H15NO/c1-2-3-4-5-6-7-8-9-10(11)12;1-3-6(7,4-2)5-8/h2-9H2,1H3,(H,11,12);8H,3-5,7H2,1-2H3. The van der Waals surface area contributed by atoms with Gasteiger partial charge in [0.2, 0.25) is 0 Å². The zero-order valence-electron chi connectivity index (χ0n) is 13.7. The fourth-order valence-corrected chi connectivity index (χ4v) is 1.71. The number of carboxylic acids is 1. The molecule has 0 amide bonds. The van der Waals surface area contributed by atoms with Crippen LogP contribution in [0.4, 0.5) is 0 Å². The lowest BCUT2D eigenvalue weighted by molar-refractivity contribution is -0.137. The normalized spacial score (nSPS) is 10.8. The van der Waals surface area contributed by atoms with Crippen LogP contribution in [0.25, 0.3) is 0 Å². The number of aliphatic hydroxyl groups is 1. The molecule has 0 aromatic heterocycles. The number of carbonyl (C=O) groups is 1. The van der Waals surface area contributed by atoms with Gasteiger partial charge >= 0.3 is 5.97 Å². The number of aliphatic carboxylic acids is 1. The maximum absolute atomic E-state index is 10.1. The Kier molecular flexibility index (Phi) is 16.0. The number of hydrogen-bond donors (Lipinski definition) is 3. The molecule has 0 radical (unpaired) electrons. The molecule has 4 N–H and O–H groups in total. The van der Waals surface area contributed by atoms with Gasteiger partial charge in [0.25, 0.3) is 0 Å². The van der Waals surface area contributed by atoms with Crippen LogP contribution >= 0.6 is 0 Å². The van der Waals surface area contributed by atoms with Crippen LogP contribution in [-0.2, 0) is 4.79 Å². The largest absolute Gasteiger partial charge is 0.481 e. The Morgan fingerprint density at radius 1 is 0.950 bits per heavy atom. The topological polar surface area (TPSA) is 83.5 Å². The van der Waals surface area contributed by atoms with Crippen molar-refractivity contribution in [2.24, 2.45) is 5.73 Å². The highest BCUT2D eigenvalue weighted by Gasteiger charge is 2.17. The Labute approximate surface area is 124 Å². The average molecular weight is 289 g/mol. The van der Waals surface area contributed by atoms with Gasteiger partial charge in [-0.05, 0) is 19.3 Å². The molecular formula is C16H35NO3. The Hall–Kier alpha value is -0.610. The first kappa shape index (κ1) is 21.7. The molecule has 122 valence electrons. The fourth-order valence-electron chi connectivity index (χ4n) is 1.71. The van der Waals surface area contributed by atoms with Crippen LogP contribution in [-0.4, -0.2) is 28.3 Å². The third-order valence-corrected chi connectivity index (χ3v) is 3.72. The van der Waals surface area contributed by atoms with Crippen molar-refractivity contribution in [2.75, 3.05) is 6.61 Å². The van der Waals surface area contributed by atoms with E-state index in [1.165, 1.54) is 32.1 Å². The minimum absolute atomic E-state index is 0.0972. The molecule has 0 aliphatic carbocycles. The quantitative estimate of drug-likeness (QED) is 0.506. The number of carboxylic acid groups (broad SMARTS) is 1. The van der Waals surface area contributed by atoms with E-state index in [4.69, 9.17) is 15.9 Å². The van der Waals surface area contributed by atoms with E-state index in [0.717, 1.165) is 25.7 Å². The second kappa shape index (κ2) is 14.8. The number of rotatable bonds is 11. The van der Waals surface area contributed by atoms with Crippen molar-refractivity contribution in [2.45, 2.75) is 90.5 Å². The van der Waals surface area contributed by atoms with E-state index in [1.807, 2.05) is 13.8 Å². The lowest BCUT2D eigenvalue weighted by Gasteiger charge is -2.22. The summed E-state index contributed by atoms with van der Waals surface area (Å²) in [6.45, 7) is 6.27. The monoisotopic (exact) mass is 289 g/mol. The lowest BCUT2D eigenvalue weighted by Crippen LogP contribution is -2.42. The second-order valence-electron chi connectivity index (χ2n) is 5.49. The average Bonchev–Trinajstić information content (AvgIpc) is 2.46. The van der Waals surface area contributed by atoms with Gasteiger partial charge in [-0.2, -0.15) is 0 Å². The van der Waals surface area contributed by atoms with Gasteiger partial charge in [-0.1, -0.05) is 59.3 Å². The van der Waals surface area contributed by atoms with Crippen molar-refractivity contribution in [3.8, 4) is 0 Å². The van der Waals surface area contributed by atoms with Crippen molar-refractivity contribution >= 4 is 5.97 Å². The molecule has 0 saturated carbocycles. The molecule has 0 aliphatic rings. The van der Waals surface area contributed by atoms with E-state index >= 15 is 0 Å². The predicted molar refractivity (Wildman–Crippen MR) is 84.8 cm³/mol. The minimum atomic E-state index is -0.663. The van der Waals surface area contributed by atoms with Crippen LogP contribution in [0.2, 0.25) is 0 Å². The summed E-state index contributed by atoms with van der Waals surface area (Å²) in [6.07, 6.45) is 10.3. The molecule has 0 aliphatic heterocycles. The van der Waals surface area contributed by atoms with E-state index in [1.54, 1.807) is 0 Å². The molecule has 0 aromatic rings. The first-order valence-corrected chi connectivity index (χ1v) is 8.07. The van der Waals surface area contributed by atoms with Gasteiger partial charge in [-0.15, -0.1) is 0 Å². The number of nitrogens with two attached hydrogens (primary N) is 1. The first-order chi connectivity index (χ1) is 9.45. The number of unbranched alkanes of at least 4 members (excludes halogenated alkanes) is 6. The van der Waals surface area contributed by atoms with Gasteiger partial charge in [0.15, 0.2) is 0 Å². The van der Waals surface area contributed by atoms with E-state index in [0.29, 0.717) is 6.42 Å². The maximum Gasteiger partial charge on any atom is 0.303 e. The van der Waals surface area contributed by atoms with Gasteiger partial charge in [0.05, 0.1) is 6.61 Å². The van der Waals surface area contributed by atoms with Gasteiger partial charge in [0, 0.05) is 12.0 Å². The third kappa shape index (κ3) is 15.4. The Morgan fingerprint density at radius 2 is 1.40 bits per heavy atom. The van der Waals surface area contributed by atoms with Crippen molar-refractivity contribution in [1.82, 2.24) is 0 Å². The van der Waals surface area contributed by atoms with Crippen LogP contribution < -0.4 is 5.73 Å². The highest BCUT2D eigenvalue weighted by Crippen LogP contribution is 2.08. The second-order valence-corrected chi connectivity index (χ2v) is 5.49. The summed E-state index contributed by atoms with van der Waals surface area (Å²) in [5, 5.41) is 17.0. The molecule has 0 heterocycles. The minimum Gasteiger partial charge on any atom is -0.481 e. The van der Waals surface area contributed by atoms with Crippen LogP contribution in [0.3, 0.4) is 0 Å². The molecule has 0 unspecified atom stereocenters. The SMILES string of the molecule is CCC(N)(CC)CO.CCCCCCCCCC(=O)O. The Balaban J connectivity index is 0. The molecule has 0 fully saturated rings. The molecular weight excluding hydrogens is 254 g/mol. The molecule has 4 heteroatoms. The summed E-state index contributed by atoms with van der Waals surface area (Å²) in [7, 11) is 0. The summed E-state index contributed by atoms with van der Waals surface area (Å²) < 4.78 is 0. The van der Waals surface area contributed by atoms with Gasteiger partial charge in [-0.3, -0.25) is 4.79 Å². The van der Waals surface area contributed by atoms with E-state index in [2.05, 4.69) is 6.92 Å². The van der Waals surface area contributed by atoms with E-state index < -0.39 is 5.97 Å². The van der Waals surface area contributed by atoms with Crippen molar-refractivity contribution in [3.63, 3.8) is 0 Å². The zero-order chi connectivity index (χ0) is 15.9. The summed E-state index contributed by atoms with van der Waals surface area (Å²) >= 11 is 0. The molecule has 0 bridgehead atoms. The summed E-state index contributed by atoms with van der Waals surface area (Å²) in [6, 6.07) is 0. The summed E-state index contributed by atoms with van der Waals surface area (Å²) in [5.74, 6) is -0.663. The first-order valence-electron chi connectivity index (χ1n) is 8.07. The highest BCUT2D eigenvalue weighted by molar-refractivity contribution is 5.66. The third-order valence-electron chi connectivity index (χ3n) is 3.72. The Bertz CT molecular complexity index is 208. The summed E-state index contributed by atoms with van der Waals surface area (Å²) in [4.78, 5) is 10.1. The van der Waals surface area contributed by atoms with Crippen LogP contribution in [0.5, 0.6) is 0 Å². The van der Waals surface area contributed by atoms with Crippen molar-refractivity contribution in [1.29, 1.82) is 0 Å². The van der Waals surface area contributed by atoms with Gasteiger partial charge in [0.1, 0.15) is 0 Å². The van der Waals surface area contributed by atoms with Crippen LogP contribution in [0.1, 0.15) is 85.0 Å².